The van der Waals surface area contributed by atoms with E-state index >= 15 is 0 Å². The van der Waals surface area contributed by atoms with Gasteiger partial charge in [-0.25, -0.2) is 0 Å². The van der Waals surface area contributed by atoms with Gasteiger partial charge in [0.1, 0.15) is 0 Å². The molecule has 1 aliphatic heterocycles. The number of Topliss-reactive ketones (excluding diaryl/α,β-unsaturated/α-hetero) is 1. The lowest BCUT2D eigenvalue weighted by Crippen LogP contribution is -2.31. The zero-order valence-electron chi connectivity index (χ0n) is 21.1. The van der Waals surface area contributed by atoms with Gasteiger partial charge in [0.25, 0.3) is 5.91 Å². The van der Waals surface area contributed by atoms with E-state index in [1.165, 1.54) is 19.1 Å². The van der Waals surface area contributed by atoms with E-state index < -0.39 is 23.5 Å². The van der Waals surface area contributed by atoms with Crippen molar-refractivity contribution in [2.75, 3.05) is 19.1 Å². The number of aliphatic hydroxyl groups is 1. The van der Waals surface area contributed by atoms with E-state index in [-0.39, 0.29) is 23.7 Å². The van der Waals surface area contributed by atoms with Crippen molar-refractivity contribution in [2.24, 2.45) is 0 Å². The maximum Gasteiger partial charge on any atom is 0.309 e. The molecule has 1 aromatic heterocycles. The Kier molecular flexibility index (Phi) is 6.46. The van der Waals surface area contributed by atoms with Gasteiger partial charge in [-0.05, 0) is 42.3 Å². The lowest BCUT2D eigenvalue weighted by molar-refractivity contribution is -0.139. The molecule has 0 saturated carbocycles. The minimum atomic E-state index is -0.906. The fraction of sp³-hybridized carbons (Fsp3) is 0.167. The van der Waals surface area contributed by atoms with Crippen LogP contribution >= 0.6 is 0 Å². The minimum Gasteiger partial charge on any atom is -0.503 e. The number of ketones is 1. The summed E-state index contributed by atoms with van der Waals surface area (Å²) in [7, 11) is 2.82. The number of carbonyl (C=O) groups is 3. The molecule has 1 N–H and O–H groups in total. The summed E-state index contributed by atoms with van der Waals surface area (Å²) in [6, 6.07) is 20.1. The number of benzene rings is 3. The molecule has 8 nitrogen and oxygen atoms in total. The van der Waals surface area contributed by atoms with Crippen LogP contribution in [0.25, 0.3) is 11.0 Å². The van der Waals surface area contributed by atoms with Gasteiger partial charge in [0.15, 0.2) is 22.9 Å². The second-order valence-electron chi connectivity index (χ2n) is 8.99. The molecule has 1 aliphatic rings. The van der Waals surface area contributed by atoms with Crippen LogP contribution < -0.4 is 9.64 Å². The van der Waals surface area contributed by atoms with Gasteiger partial charge in [-0.3, -0.25) is 19.3 Å². The van der Waals surface area contributed by atoms with Gasteiger partial charge >= 0.3 is 5.97 Å². The van der Waals surface area contributed by atoms with Crippen molar-refractivity contribution in [3.05, 3.63) is 107 Å². The molecule has 2 heterocycles. The highest BCUT2D eigenvalue weighted by atomic mass is 16.5. The number of nitrogens with zero attached hydrogens (tertiary/aromatic N) is 1. The maximum absolute atomic E-state index is 13.8. The number of fused-ring (bicyclic) bond motifs is 1. The number of esters is 1. The van der Waals surface area contributed by atoms with Crippen LogP contribution in [0.5, 0.6) is 5.75 Å². The number of anilines is 1. The first-order valence-corrected chi connectivity index (χ1v) is 11.9. The van der Waals surface area contributed by atoms with E-state index in [1.54, 1.807) is 54.6 Å². The van der Waals surface area contributed by atoms with Crippen LogP contribution in [-0.4, -0.2) is 37.0 Å². The first-order chi connectivity index (χ1) is 18.3. The molecule has 8 heteroatoms. The smallest absolute Gasteiger partial charge is 0.309 e. The summed E-state index contributed by atoms with van der Waals surface area (Å²) >= 11 is 0. The molecule has 0 fully saturated rings. The second kappa shape index (κ2) is 9.89. The fourth-order valence-corrected chi connectivity index (χ4v) is 4.71. The van der Waals surface area contributed by atoms with Gasteiger partial charge in [-0.2, -0.15) is 0 Å². The van der Waals surface area contributed by atoms with Crippen LogP contribution in [0.15, 0.2) is 88.5 Å². The first kappa shape index (κ1) is 24.8. The number of hydrogen-bond donors (Lipinski definition) is 1. The Morgan fingerprint density at radius 1 is 1.00 bits per heavy atom. The lowest BCUT2D eigenvalue weighted by Gasteiger charge is -2.27. The van der Waals surface area contributed by atoms with Crippen molar-refractivity contribution in [1.29, 1.82) is 0 Å². The normalized spacial score (nSPS) is 15.3. The third-order valence-corrected chi connectivity index (χ3v) is 6.55. The number of aliphatic hydroxyl groups excluding tert-OH is 1. The summed E-state index contributed by atoms with van der Waals surface area (Å²) in [5.74, 6) is -1.91. The number of furan rings is 1. The summed E-state index contributed by atoms with van der Waals surface area (Å²) in [6.45, 7) is 1.91. The van der Waals surface area contributed by atoms with Gasteiger partial charge in [-0.1, -0.05) is 54.1 Å². The van der Waals surface area contributed by atoms with E-state index in [1.807, 2.05) is 25.1 Å². The molecule has 3 aromatic carbocycles. The van der Waals surface area contributed by atoms with Gasteiger partial charge in [0, 0.05) is 11.1 Å². The molecular formula is C30H25NO7. The first-order valence-electron chi connectivity index (χ1n) is 11.9. The highest BCUT2D eigenvalue weighted by Crippen LogP contribution is 2.43. The Bertz CT molecular complexity index is 1600. The molecule has 0 saturated heterocycles. The molecule has 1 amide bonds. The van der Waals surface area contributed by atoms with Gasteiger partial charge in [-0.15, -0.1) is 0 Å². The summed E-state index contributed by atoms with van der Waals surface area (Å²) in [4.78, 5) is 40.3. The van der Waals surface area contributed by atoms with Crippen molar-refractivity contribution in [2.45, 2.75) is 19.4 Å². The van der Waals surface area contributed by atoms with Crippen molar-refractivity contribution in [3.63, 3.8) is 0 Å². The molecule has 5 rings (SSSR count). The number of rotatable bonds is 7. The number of ether oxygens (including phenoxy) is 2. The molecule has 0 spiro atoms. The van der Waals surface area contributed by atoms with Gasteiger partial charge in [0.2, 0.25) is 5.78 Å². The molecule has 0 radical (unpaired) electrons. The summed E-state index contributed by atoms with van der Waals surface area (Å²) in [5.41, 5.74) is 3.04. The van der Waals surface area contributed by atoms with Crippen molar-refractivity contribution in [3.8, 4) is 5.75 Å². The highest BCUT2D eigenvalue weighted by Gasteiger charge is 2.45. The average molecular weight is 512 g/mol. The quantitative estimate of drug-likeness (QED) is 0.267. The number of para-hydroxylation sites is 1. The molecule has 1 atom stereocenters. The molecule has 0 bridgehead atoms. The Morgan fingerprint density at radius 3 is 2.42 bits per heavy atom. The summed E-state index contributed by atoms with van der Waals surface area (Å²) in [5, 5.41) is 11.7. The molecular weight excluding hydrogens is 486 g/mol. The lowest BCUT2D eigenvalue weighted by atomic mass is 9.93. The maximum atomic E-state index is 13.8. The summed E-state index contributed by atoms with van der Waals surface area (Å²) in [6.07, 6.45) is 0.0782. The number of amides is 1. The standard InChI is InChI=1S/C30H25NO7/c1-17-6-4-7-19(14-17)26-25(27(33)23-16-20-8-5-9-22(36-2)29(20)38-23)28(34)30(35)31(26)21-12-10-18(11-13-21)15-24(32)37-3/h4-14,16,26,34H,15H2,1-3H3. The zero-order valence-corrected chi connectivity index (χ0v) is 21.1. The summed E-state index contributed by atoms with van der Waals surface area (Å²) < 4.78 is 15.9. The second-order valence-corrected chi connectivity index (χ2v) is 8.99. The van der Waals surface area contributed by atoms with Gasteiger partial charge < -0.3 is 19.0 Å². The van der Waals surface area contributed by atoms with Crippen LogP contribution in [0.2, 0.25) is 0 Å². The van der Waals surface area contributed by atoms with E-state index in [0.29, 0.717) is 33.5 Å². The predicted molar refractivity (Wildman–Crippen MR) is 140 cm³/mol. The van der Waals surface area contributed by atoms with E-state index in [0.717, 1.165) is 5.56 Å². The predicted octanol–water partition coefficient (Wildman–Crippen LogP) is 5.25. The minimum absolute atomic E-state index is 0.0215. The van der Waals surface area contributed by atoms with Crippen LogP contribution in [0.3, 0.4) is 0 Å². The van der Waals surface area contributed by atoms with E-state index in [9.17, 15) is 19.5 Å². The third-order valence-electron chi connectivity index (χ3n) is 6.55. The van der Waals surface area contributed by atoms with E-state index in [2.05, 4.69) is 0 Å². The van der Waals surface area contributed by atoms with Crippen molar-refractivity contribution in [1.82, 2.24) is 0 Å². The van der Waals surface area contributed by atoms with Crippen LogP contribution in [-0.2, 0) is 20.7 Å². The SMILES string of the molecule is COC(=O)Cc1ccc(N2C(=O)C(O)=C(C(=O)c3cc4cccc(OC)c4o3)C2c2cccc(C)c2)cc1. The Morgan fingerprint density at radius 2 is 1.74 bits per heavy atom. The molecule has 4 aromatic rings. The topological polar surface area (TPSA) is 106 Å². The Labute approximate surface area is 218 Å². The number of carbonyl (C=O) groups excluding carboxylic acids is 3. The van der Waals surface area contributed by atoms with Gasteiger partial charge in [0.05, 0.1) is 32.3 Å². The number of methoxy groups -OCH3 is 2. The largest absolute Gasteiger partial charge is 0.503 e. The fourth-order valence-electron chi connectivity index (χ4n) is 4.71. The molecule has 38 heavy (non-hydrogen) atoms. The monoisotopic (exact) mass is 511 g/mol. The van der Waals surface area contributed by atoms with Crippen LogP contribution in [0.4, 0.5) is 5.69 Å². The molecule has 192 valence electrons. The van der Waals surface area contributed by atoms with Crippen LogP contribution in [0.1, 0.15) is 33.3 Å². The Hall–Kier alpha value is -4.85. The zero-order chi connectivity index (χ0) is 27.0. The van der Waals surface area contributed by atoms with Crippen LogP contribution in [0, 0.1) is 6.92 Å². The number of hydrogen-bond acceptors (Lipinski definition) is 7. The Balaban J connectivity index is 1.60. The average Bonchev–Trinajstić information content (AvgIpc) is 3.48. The molecule has 1 unspecified atom stereocenters. The molecule has 0 aliphatic carbocycles. The third kappa shape index (κ3) is 4.30. The highest BCUT2D eigenvalue weighted by molar-refractivity contribution is 6.20. The van der Waals surface area contributed by atoms with Crippen molar-refractivity contribution >= 4 is 34.3 Å². The van der Waals surface area contributed by atoms with E-state index in [4.69, 9.17) is 13.9 Å². The number of aryl methyl sites for hydroxylation is 1. The van der Waals surface area contributed by atoms with Crippen molar-refractivity contribution < 1.29 is 33.4 Å².